The molecule has 1 amide bonds. The molecule has 10 heteroatoms. The molecule has 1 rings (SSSR count). The number of nitrogens with zero attached hydrogens (tertiary/aromatic N) is 1. The molecule has 0 heterocycles. The Morgan fingerprint density at radius 1 is 1.21 bits per heavy atom. The molecule has 0 fully saturated rings. The van der Waals surface area contributed by atoms with E-state index in [9.17, 15) is 13.2 Å². The number of carbonyl (C=O) groups is 1. The lowest BCUT2D eigenvalue weighted by Gasteiger charge is -2.10. The van der Waals surface area contributed by atoms with Crippen molar-refractivity contribution in [1.82, 2.24) is 5.32 Å². The van der Waals surface area contributed by atoms with E-state index in [0.717, 1.165) is 19.3 Å². The van der Waals surface area contributed by atoms with Crippen LogP contribution >= 0.6 is 12.2 Å². The molecule has 0 atom stereocenters. The second-order valence-electron chi connectivity index (χ2n) is 4.98. The first-order valence-electron chi connectivity index (χ1n) is 7.31. The van der Waals surface area contributed by atoms with Crippen LogP contribution in [0.3, 0.4) is 0 Å². The van der Waals surface area contributed by atoms with Gasteiger partial charge in [0.05, 0.1) is 4.90 Å². The Morgan fingerprint density at radius 3 is 2.38 bits per heavy atom. The summed E-state index contributed by atoms with van der Waals surface area (Å²) < 4.78 is 26.8. The van der Waals surface area contributed by atoms with Crippen LogP contribution in [0.2, 0.25) is 0 Å². The maximum Gasteiger partial charge on any atom is 0.285 e. The molecule has 0 saturated heterocycles. The van der Waals surface area contributed by atoms with Crippen LogP contribution in [0.15, 0.2) is 33.6 Å². The summed E-state index contributed by atoms with van der Waals surface area (Å²) in [5.41, 5.74) is 10.7. The van der Waals surface area contributed by atoms with Crippen molar-refractivity contribution in [3.8, 4) is 0 Å². The SMILES string of the molecule is CCCCCC(=O)NC(=S)Nc1ccc(S(=O)(=O)N=C(N)N)cc1. The number of hydrogen-bond donors (Lipinski definition) is 4. The van der Waals surface area contributed by atoms with Gasteiger partial charge in [0.2, 0.25) is 11.9 Å². The quantitative estimate of drug-likeness (QED) is 0.243. The maximum atomic E-state index is 11.8. The Labute approximate surface area is 146 Å². The van der Waals surface area contributed by atoms with Crippen molar-refractivity contribution in [3.05, 3.63) is 24.3 Å². The molecule has 0 aliphatic carbocycles. The third-order valence-electron chi connectivity index (χ3n) is 2.90. The largest absolute Gasteiger partial charge is 0.369 e. The summed E-state index contributed by atoms with van der Waals surface area (Å²) >= 11 is 5.04. The third-order valence-corrected chi connectivity index (χ3v) is 4.42. The van der Waals surface area contributed by atoms with Crippen LogP contribution in [-0.4, -0.2) is 25.4 Å². The lowest BCUT2D eigenvalue weighted by Crippen LogP contribution is -2.33. The van der Waals surface area contributed by atoms with E-state index in [1.165, 1.54) is 24.3 Å². The summed E-state index contributed by atoms with van der Waals surface area (Å²) in [5.74, 6) is -0.697. The predicted molar refractivity (Wildman–Crippen MR) is 97.9 cm³/mol. The van der Waals surface area contributed by atoms with Crippen LogP contribution in [0.4, 0.5) is 5.69 Å². The minimum atomic E-state index is -3.93. The van der Waals surface area contributed by atoms with Gasteiger partial charge < -0.3 is 22.1 Å². The van der Waals surface area contributed by atoms with Crippen molar-refractivity contribution in [1.29, 1.82) is 0 Å². The van der Waals surface area contributed by atoms with Gasteiger partial charge in [-0.3, -0.25) is 4.79 Å². The Kier molecular flexibility index (Phi) is 7.59. The number of guanidine groups is 1. The van der Waals surface area contributed by atoms with Crippen molar-refractivity contribution in [2.45, 2.75) is 37.5 Å². The number of rotatable bonds is 7. The first kappa shape index (κ1) is 19.8. The zero-order valence-electron chi connectivity index (χ0n) is 13.3. The summed E-state index contributed by atoms with van der Waals surface area (Å²) in [4.78, 5) is 11.6. The van der Waals surface area contributed by atoms with Crippen molar-refractivity contribution >= 4 is 44.9 Å². The number of unbranched alkanes of at least 4 members (excludes halogenated alkanes) is 2. The second kappa shape index (κ2) is 9.18. The molecule has 132 valence electrons. The molecule has 0 unspecified atom stereocenters. The van der Waals surface area contributed by atoms with Crippen molar-refractivity contribution < 1.29 is 13.2 Å². The van der Waals surface area contributed by atoms with E-state index in [1.54, 1.807) is 0 Å². The summed E-state index contributed by atoms with van der Waals surface area (Å²) in [6.45, 7) is 2.06. The number of nitrogens with one attached hydrogen (secondary N) is 2. The van der Waals surface area contributed by atoms with Gasteiger partial charge in [-0.1, -0.05) is 19.8 Å². The standard InChI is InChI=1S/C14H21N5O3S2/c1-2-3-4-5-12(20)18-14(23)17-10-6-8-11(9-7-10)24(21,22)19-13(15)16/h6-9H,2-5H2,1H3,(H4,15,16,19)(H2,17,18,20,23). The number of nitrogens with two attached hydrogens (primary N) is 2. The fourth-order valence-corrected chi connectivity index (χ4v) is 2.88. The summed E-state index contributed by atoms with van der Waals surface area (Å²) in [5, 5.41) is 5.52. The van der Waals surface area contributed by atoms with Gasteiger partial charge in [-0.25, -0.2) is 0 Å². The normalized spacial score (nSPS) is 10.7. The average molecular weight is 371 g/mol. The van der Waals surface area contributed by atoms with Gasteiger partial charge in [-0.05, 0) is 42.9 Å². The molecule has 8 nitrogen and oxygen atoms in total. The molecule has 0 bridgehead atoms. The first-order chi connectivity index (χ1) is 11.2. The highest BCUT2D eigenvalue weighted by Gasteiger charge is 2.13. The smallest absolute Gasteiger partial charge is 0.285 e. The maximum absolute atomic E-state index is 11.8. The molecule has 0 aliphatic heterocycles. The summed E-state index contributed by atoms with van der Waals surface area (Å²) in [7, 11) is -3.93. The monoisotopic (exact) mass is 371 g/mol. The molecule has 0 aromatic heterocycles. The fourth-order valence-electron chi connectivity index (χ4n) is 1.79. The van der Waals surface area contributed by atoms with Crippen LogP contribution in [0.25, 0.3) is 0 Å². The molecule has 0 aliphatic rings. The van der Waals surface area contributed by atoms with Crippen LogP contribution in [-0.2, 0) is 14.8 Å². The van der Waals surface area contributed by atoms with Gasteiger partial charge >= 0.3 is 0 Å². The van der Waals surface area contributed by atoms with E-state index in [-0.39, 0.29) is 15.9 Å². The lowest BCUT2D eigenvalue weighted by molar-refractivity contribution is -0.119. The number of amides is 1. The Morgan fingerprint density at radius 2 is 1.83 bits per heavy atom. The van der Waals surface area contributed by atoms with Gasteiger partial charge in [-0.15, -0.1) is 4.40 Å². The van der Waals surface area contributed by atoms with E-state index < -0.39 is 16.0 Å². The lowest BCUT2D eigenvalue weighted by atomic mass is 10.2. The van der Waals surface area contributed by atoms with Gasteiger partial charge in [0.15, 0.2) is 5.11 Å². The molecule has 1 aromatic carbocycles. The van der Waals surface area contributed by atoms with E-state index in [2.05, 4.69) is 22.0 Å². The molecular formula is C14H21N5O3S2. The van der Waals surface area contributed by atoms with Gasteiger partial charge in [-0.2, -0.15) is 8.42 Å². The minimum absolute atomic E-state index is 0.0593. The number of anilines is 1. The Balaban J connectivity index is 2.63. The highest BCUT2D eigenvalue weighted by atomic mass is 32.2. The minimum Gasteiger partial charge on any atom is -0.369 e. The van der Waals surface area contributed by atoms with Gasteiger partial charge in [0.25, 0.3) is 10.0 Å². The van der Waals surface area contributed by atoms with E-state index in [1.807, 2.05) is 0 Å². The Bertz CT molecular complexity index is 710. The van der Waals surface area contributed by atoms with E-state index in [0.29, 0.717) is 12.1 Å². The van der Waals surface area contributed by atoms with Crippen LogP contribution in [0, 0.1) is 0 Å². The molecule has 6 N–H and O–H groups in total. The fraction of sp³-hybridized carbons (Fsp3) is 0.357. The van der Waals surface area contributed by atoms with Gasteiger partial charge in [0.1, 0.15) is 0 Å². The average Bonchev–Trinajstić information content (AvgIpc) is 2.46. The molecule has 0 saturated carbocycles. The second-order valence-corrected chi connectivity index (χ2v) is 6.99. The van der Waals surface area contributed by atoms with Crippen molar-refractivity contribution in [3.63, 3.8) is 0 Å². The zero-order chi connectivity index (χ0) is 18.2. The first-order valence-corrected chi connectivity index (χ1v) is 9.16. The molecular weight excluding hydrogens is 350 g/mol. The van der Waals surface area contributed by atoms with E-state index >= 15 is 0 Å². The van der Waals surface area contributed by atoms with E-state index in [4.69, 9.17) is 23.7 Å². The topological polar surface area (TPSA) is 140 Å². The zero-order valence-corrected chi connectivity index (χ0v) is 14.9. The number of thiocarbonyl (C=S) groups is 1. The third kappa shape index (κ3) is 6.92. The molecule has 1 aromatic rings. The van der Waals surface area contributed by atoms with Gasteiger partial charge in [0, 0.05) is 12.1 Å². The summed E-state index contributed by atoms with van der Waals surface area (Å²) in [6.07, 6.45) is 3.23. The van der Waals surface area contributed by atoms with Crippen LogP contribution < -0.4 is 22.1 Å². The van der Waals surface area contributed by atoms with Crippen LogP contribution in [0.5, 0.6) is 0 Å². The number of hydrogen-bond acceptors (Lipinski definition) is 4. The Hall–Kier alpha value is -2.20. The number of carbonyl (C=O) groups excluding carboxylic acids is 1. The molecule has 0 spiro atoms. The molecule has 24 heavy (non-hydrogen) atoms. The number of benzene rings is 1. The highest BCUT2D eigenvalue weighted by molar-refractivity contribution is 7.90. The predicted octanol–water partition coefficient (Wildman–Crippen LogP) is 1.04. The van der Waals surface area contributed by atoms with Crippen molar-refractivity contribution in [2.24, 2.45) is 15.9 Å². The summed E-state index contributed by atoms with van der Waals surface area (Å²) in [6, 6.07) is 5.64. The van der Waals surface area contributed by atoms with Crippen LogP contribution in [0.1, 0.15) is 32.6 Å². The molecule has 0 radical (unpaired) electrons. The number of sulfonamides is 1. The highest BCUT2D eigenvalue weighted by Crippen LogP contribution is 2.16. The van der Waals surface area contributed by atoms with Crippen molar-refractivity contribution in [2.75, 3.05) is 5.32 Å².